The molecule has 0 aromatic heterocycles. The predicted molar refractivity (Wildman–Crippen MR) is 102 cm³/mol. The molecule has 3 atom stereocenters. The van der Waals surface area contributed by atoms with Crippen LogP contribution in [0.2, 0.25) is 0 Å². The molecule has 0 radical (unpaired) electrons. The van der Waals surface area contributed by atoms with Gasteiger partial charge < -0.3 is 19.7 Å². The number of rotatable bonds is 7. The van der Waals surface area contributed by atoms with Crippen LogP contribution in [0.25, 0.3) is 0 Å². The second-order valence-corrected chi connectivity index (χ2v) is 8.08. The van der Waals surface area contributed by atoms with Gasteiger partial charge in [-0.1, -0.05) is 13.8 Å². The Morgan fingerprint density at radius 1 is 1.27 bits per heavy atom. The summed E-state index contributed by atoms with van der Waals surface area (Å²) in [4.78, 5) is 2.54. The molecule has 0 bridgehead atoms. The summed E-state index contributed by atoms with van der Waals surface area (Å²) in [6, 6.07) is 4.45. The Morgan fingerprint density at radius 2 is 2.08 bits per heavy atom. The number of hydrogen-bond donors (Lipinski definition) is 2. The molecule has 1 aromatic carbocycles. The lowest BCUT2D eigenvalue weighted by Crippen LogP contribution is -2.48. The highest BCUT2D eigenvalue weighted by atomic mass is 16.5. The van der Waals surface area contributed by atoms with Crippen LogP contribution < -0.4 is 9.47 Å². The number of ether oxygens (including phenoxy) is 2. The van der Waals surface area contributed by atoms with E-state index in [2.05, 4.69) is 30.9 Å². The van der Waals surface area contributed by atoms with Gasteiger partial charge in [0, 0.05) is 32.2 Å². The molecule has 0 spiro atoms. The number of benzene rings is 1. The minimum Gasteiger partial charge on any atom is -0.493 e. The van der Waals surface area contributed by atoms with E-state index in [1.54, 1.807) is 7.11 Å². The summed E-state index contributed by atoms with van der Waals surface area (Å²) in [7, 11) is 1.66. The normalized spacial score (nSPS) is 25.7. The van der Waals surface area contributed by atoms with E-state index in [-0.39, 0.29) is 18.8 Å². The Hall–Kier alpha value is -1.30. The van der Waals surface area contributed by atoms with Gasteiger partial charge in [-0.05, 0) is 54.4 Å². The lowest BCUT2D eigenvalue weighted by molar-refractivity contribution is -0.0191. The third kappa shape index (κ3) is 4.16. The summed E-state index contributed by atoms with van der Waals surface area (Å²) in [6.07, 6.45) is 3.24. The predicted octanol–water partition coefficient (Wildman–Crippen LogP) is 2.78. The maximum Gasteiger partial charge on any atom is 0.161 e. The molecule has 26 heavy (non-hydrogen) atoms. The first-order valence-electron chi connectivity index (χ1n) is 9.90. The molecule has 3 rings (SSSR count). The van der Waals surface area contributed by atoms with E-state index in [0.717, 1.165) is 43.9 Å². The second kappa shape index (κ2) is 8.59. The van der Waals surface area contributed by atoms with Crippen molar-refractivity contribution in [2.45, 2.75) is 51.7 Å². The minimum atomic E-state index is -0.240. The number of aliphatic hydroxyl groups excluding tert-OH is 2. The fourth-order valence-electron chi connectivity index (χ4n) is 4.46. The monoisotopic (exact) mass is 363 g/mol. The molecular formula is C21H33NO4. The van der Waals surface area contributed by atoms with Gasteiger partial charge in [0.25, 0.3) is 0 Å². The Morgan fingerprint density at radius 3 is 2.77 bits per heavy atom. The first-order valence-corrected chi connectivity index (χ1v) is 9.90. The summed E-state index contributed by atoms with van der Waals surface area (Å²) in [6.45, 7) is 7.07. The van der Waals surface area contributed by atoms with Gasteiger partial charge in [0.15, 0.2) is 11.5 Å². The largest absolute Gasteiger partial charge is 0.493 e. The Kier molecular flexibility index (Phi) is 6.43. The van der Waals surface area contributed by atoms with Crippen molar-refractivity contribution in [1.29, 1.82) is 0 Å². The van der Waals surface area contributed by atoms with Crippen molar-refractivity contribution >= 4 is 0 Å². The van der Waals surface area contributed by atoms with Crippen LogP contribution in [-0.2, 0) is 6.42 Å². The zero-order valence-corrected chi connectivity index (χ0v) is 16.3. The second-order valence-electron chi connectivity index (χ2n) is 8.08. The SMILES string of the molecule is COc1cc2c(cc1OCCCO)CCN1C[C@@H](CC(C)C)[C@H](O)C[C@H]21. The summed E-state index contributed by atoms with van der Waals surface area (Å²) < 4.78 is 11.4. The van der Waals surface area contributed by atoms with Crippen molar-refractivity contribution in [3.05, 3.63) is 23.3 Å². The van der Waals surface area contributed by atoms with Crippen molar-refractivity contribution < 1.29 is 19.7 Å². The number of nitrogens with zero attached hydrogens (tertiary/aromatic N) is 1. The number of piperidine rings is 1. The fraction of sp³-hybridized carbons (Fsp3) is 0.714. The lowest BCUT2D eigenvalue weighted by Gasteiger charge is -2.46. The number of hydrogen-bond acceptors (Lipinski definition) is 5. The van der Waals surface area contributed by atoms with Gasteiger partial charge in [0.05, 0.1) is 19.8 Å². The first-order chi connectivity index (χ1) is 12.5. The maximum atomic E-state index is 10.7. The summed E-state index contributed by atoms with van der Waals surface area (Å²) in [5.41, 5.74) is 2.56. The van der Waals surface area contributed by atoms with Crippen LogP contribution >= 0.6 is 0 Å². The number of aliphatic hydroxyl groups is 2. The van der Waals surface area contributed by atoms with Crippen molar-refractivity contribution in [3.8, 4) is 11.5 Å². The fourth-order valence-corrected chi connectivity index (χ4v) is 4.46. The van der Waals surface area contributed by atoms with Crippen molar-refractivity contribution in [3.63, 3.8) is 0 Å². The van der Waals surface area contributed by atoms with Crippen LogP contribution in [0.3, 0.4) is 0 Å². The maximum absolute atomic E-state index is 10.7. The van der Waals surface area contributed by atoms with E-state index in [1.807, 2.05) is 0 Å². The van der Waals surface area contributed by atoms with Gasteiger partial charge in [0.1, 0.15) is 0 Å². The number of fused-ring (bicyclic) bond motifs is 3. The van der Waals surface area contributed by atoms with Crippen LogP contribution in [0.15, 0.2) is 12.1 Å². The highest BCUT2D eigenvalue weighted by molar-refractivity contribution is 5.49. The van der Waals surface area contributed by atoms with Crippen LogP contribution in [-0.4, -0.2) is 54.6 Å². The topological polar surface area (TPSA) is 62.2 Å². The molecule has 0 unspecified atom stereocenters. The highest BCUT2D eigenvalue weighted by Crippen LogP contribution is 2.43. The molecule has 1 fully saturated rings. The van der Waals surface area contributed by atoms with Crippen LogP contribution in [0, 0.1) is 11.8 Å². The van der Waals surface area contributed by atoms with Gasteiger partial charge >= 0.3 is 0 Å². The van der Waals surface area contributed by atoms with E-state index in [4.69, 9.17) is 14.6 Å². The highest BCUT2D eigenvalue weighted by Gasteiger charge is 2.38. The van der Waals surface area contributed by atoms with Crippen LogP contribution in [0.1, 0.15) is 50.3 Å². The Labute approximate surface area is 156 Å². The molecule has 2 aliphatic heterocycles. The van der Waals surface area contributed by atoms with E-state index in [0.29, 0.717) is 24.9 Å². The molecule has 2 aliphatic rings. The van der Waals surface area contributed by atoms with Gasteiger partial charge in [-0.15, -0.1) is 0 Å². The smallest absolute Gasteiger partial charge is 0.161 e. The van der Waals surface area contributed by atoms with Gasteiger partial charge in [-0.3, -0.25) is 4.90 Å². The van der Waals surface area contributed by atoms with Crippen LogP contribution in [0.4, 0.5) is 0 Å². The summed E-state index contributed by atoms with van der Waals surface area (Å²) in [5.74, 6) is 2.47. The quantitative estimate of drug-likeness (QED) is 0.730. The van der Waals surface area contributed by atoms with Crippen LogP contribution in [0.5, 0.6) is 11.5 Å². The van der Waals surface area contributed by atoms with E-state index in [1.165, 1.54) is 11.1 Å². The molecule has 5 nitrogen and oxygen atoms in total. The van der Waals surface area contributed by atoms with E-state index >= 15 is 0 Å². The van der Waals surface area contributed by atoms with Gasteiger partial charge in [-0.25, -0.2) is 0 Å². The lowest BCUT2D eigenvalue weighted by atomic mass is 9.79. The molecule has 2 heterocycles. The van der Waals surface area contributed by atoms with Crippen molar-refractivity contribution in [1.82, 2.24) is 4.90 Å². The van der Waals surface area contributed by atoms with Crippen molar-refractivity contribution in [2.75, 3.05) is 33.4 Å². The average Bonchev–Trinajstić information content (AvgIpc) is 2.61. The summed E-state index contributed by atoms with van der Waals surface area (Å²) >= 11 is 0. The molecule has 1 aromatic rings. The van der Waals surface area contributed by atoms with Gasteiger partial charge in [-0.2, -0.15) is 0 Å². The third-order valence-electron chi connectivity index (χ3n) is 5.71. The minimum absolute atomic E-state index is 0.125. The third-order valence-corrected chi connectivity index (χ3v) is 5.71. The zero-order chi connectivity index (χ0) is 18.7. The average molecular weight is 363 g/mol. The standard InChI is InChI=1S/C21H33NO4/c1-14(2)9-16-13-22-6-5-15-10-21(26-8-4-7-23)20(25-3)11-17(15)18(22)12-19(16)24/h10-11,14,16,18-19,23-24H,4-9,12-13H2,1-3H3/t16-,18-,19-/m1/s1. The molecule has 0 saturated carbocycles. The summed E-state index contributed by atoms with van der Waals surface area (Å²) in [5, 5.41) is 19.7. The van der Waals surface area contributed by atoms with E-state index < -0.39 is 0 Å². The molecule has 0 aliphatic carbocycles. The Bertz CT molecular complexity index is 604. The molecule has 5 heteroatoms. The zero-order valence-electron chi connectivity index (χ0n) is 16.3. The van der Waals surface area contributed by atoms with Crippen molar-refractivity contribution in [2.24, 2.45) is 11.8 Å². The van der Waals surface area contributed by atoms with Gasteiger partial charge in [0.2, 0.25) is 0 Å². The molecule has 2 N–H and O–H groups in total. The molecule has 1 saturated heterocycles. The molecule has 146 valence electrons. The number of methoxy groups -OCH3 is 1. The first kappa shape index (κ1) is 19.5. The van der Waals surface area contributed by atoms with E-state index in [9.17, 15) is 5.11 Å². The molecular weight excluding hydrogens is 330 g/mol. The molecule has 0 amide bonds. The Balaban J connectivity index is 1.80.